The van der Waals surface area contributed by atoms with Gasteiger partial charge in [0.2, 0.25) is 0 Å². The van der Waals surface area contributed by atoms with Crippen molar-refractivity contribution >= 4 is 23.2 Å². The Bertz CT molecular complexity index is 517. The molecule has 0 unspecified atom stereocenters. The van der Waals surface area contributed by atoms with Crippen molar-refractivity contribution in [2.24, 2.45) is 0 Å². The number of methoxy groups -OCH3 is 1. The van der Waals surface area contributed by atoms with Gasteiger partial charge in [-0.1, -0.05) is 32.4 Å². The highest BCUT2D eigenvalue weighted by atomic mass is 35.5. The van der Waals surface area contributed by atoms with E-state index in [1.807, 2.05) is 6.92 Å². The summed E-state index contributed by atoms with van der Waals surface area (Å²) in [6, 6.07) is 1.57. The zero-order valence-electron chi connectivity index (χ0n) is 13.8. The number of nitrogens with zero attached hydrogens (tertiary/aromatic N) is 1. The summed E-state index contributed by atoms with van der Waals surface area (Å²) in [7, 11) is 1.54. The molecule has 0 bridgehead atoms. The van der Waals surface area contributed by atoms with Gasteiger partial charge < -0.3 is 20.7 Å². The predicted octanol–water partition coefficient (Wildman–Crippen LogP) is 2.56. The van der Waals surface area contributed by atoms with Crippen LogP contribution in [0.4, 0.5) is 5.69 Å². The number of hydrogen-bond donors (Lipinski definition) is 2. The van der Waals surface area contributed by atoms with Crippen molar-refractivity contribution in [1.29, 1.82) is 0 Å². The molecule has 0 radical (unpaired) electrons. The van der Waals surface area contributed by atoms with Gasteiger partial charge in [0.15, 0.2) is 0 Å². The van der Waals surface area contributed by atoms with Crippen molar-refractivity contribution in [2.75, 3.05) is 39.0 Å². The second-order valence-electron chi connectivity index (χ2n) is 4.97. The van der Waals surface area contributed by atoms with Crippen LogP contribution in [0.1, 0.15) is 36.7 Å². The number of halogens is 1. The van der Waals surface area contributed by atoms with E-state index in [2.05, 4.69) is 24.1 Å². The molecule has 1 amide bonds. The molecule has 0 aliphatic rings. The fraction of sp³-hybridized carbons (Fsp3) is 0.562. The van der Waals surface area contributed by atoms with Crippen molar-refractivity contribution in [3.63, 3.8) is 0 Å². The van der Waals surface area contributed by atoms with E-state index >= 15 is 0 Å². The average molecular weight is 328 g/mol. The Balaban J connectivity index is 2.91. The minimum Gasteiger partial charge on any atom is -0.496 e. The largest absolute Gasteiger partial charge is 0.496 e. The van der Waals surface area contributed by atoms with Crippen LogP contribution in [0.5, 0.6) is 5.75 Å². The molecule has 22 heavy (non-hydrogen) atoms. The normalized spacial score (nSPS) is 10.8. The smallest absolute Gasteiger partial charge is 0.255 e. The van der Waals surface area contributed by atoms with Crippen LogP contribution in [0.15, 0.2) is 6.07 Å². The number of nitrogens with one attached hydrogen (secondary N) is 1. The summed E-state index contributed by atoms with van der Waals surface area (Å²) in [4.78, 5) is 14.6. The number of nitrogens with two attached hydrogens (primary N) is 1. The summed E-state index contributed by atoms with van der Waals surface area (Å²) in [5.41, 5.74) is 7.63. The van der Waals surface area contributed by atoms with E-state index in [4.69, 9.17) is 22.1 Å². The standard InChI is InChI=1S/C16H26ClN3O2/c1-5-11-14(18)13(17)10-12(15(11)22-4)16(21)19-8-9-20(6-2)7-3/h10H,5-9,18H2,1-4H3,(H,19,21). The number of hydrogen-bond acceptors (Lipinski definition) is 4. The lowest BCUT2D eigenvalue weighted by molar-refractivity contribution is 0.0945. The van der Waals surface area contributed by atoms with Crippen LogP contribution in [0.3, 0.4) is 0 Å². The molecule has 0 saturated heterocycles. The summed E-state index contributed by atoms with van der Waals surface area (Å²) < 4.78 is 5.38. The highest BCUT2D eigenvalue weighted by molar-refractivity contribution is 6.33. The molecule has 0 atom stereocenters. The molecular weight excluding hydrogens is 302 g/mol. The minimum absolute atomic E-state index is 0.194. The second kappa shape index (κ2) is 8.86. The lowest BCUT2D eigenvalue weighted by Crippen LogP contribution is -2.35. The first kappa shape index (κ1) is 18.6. The van der Waals surface area contributed by atoms with Crippen molar-refractivity contribution in [3.8, 4) is 5.75 Å². The Kier molecular flexibility index (Phi) is 7.48. The van der Waals surface area contributed by atoms with Crippen LogP contribution in [0.25, 0.3) is 0 Å². The predicted molar refractivity (Wildman–Crippen MR) is 91.9 cm³/mol. The summed E-state index contributed by atoms with van der Waals surface area (Å²) in [5.74, 6) is 0.311. The fourth-order valence-electron chi connectivity index (χ4n) is 2.41. The Morgan fingerprint density at radius 3 is 2.50 bits per heavy atom. The molecule has 6 heteroatoms. The maximum absolute atomic E-state index is 12.4. The van der Waals surface area contributed by atoms with Crippen molar-refractivity contribution in [2.45, 2.75) is 27.2 Å². The zero-order valence-corrected chi connectivity index (χ0v) is 14.6. The number of rotatable bonds is 8. The van der Waals surface area contributed by atoms with E-state index < -0.39 is 0 Å². The number of carbonyl (C=O) groups excluding carboxylic acids is 1. The molecule has 5 nitrogen and oxygen atoms in total. The van der Waals surface area contributed by atoms with Gasteiger partial charge in [-0.3, -0.25) is 4.79 Å². The third-order valence-electron chi connectivity index (χ3n) is 3.78. The molecule has 1 rings (SSSR count). The highest BCUT2D eigenvalue weighted by Crippen LogP contribution is 2.35. The highest BCUT2D eigenvalue weighted by Gasteiger charge is 2.19. The molecule has 0 saturated carbocycles. The van der Waals surface area contributed by atoms with Gasteiger partial charge in [-0.25, -0.2) is 0 Å². The van der Waals surface area contributed by atoms with Gasteiger partial charge >= 0.3 is 0 Å². The topological polar surface area (TPSA) is 67.6 Å². The Hall–Kier alpha value is -1.46. The van der Waals surface area contributed by atoms with Crippen LogP contribution in [0.2, 0.25) is 5.02 Å². The van der Waals surface area contributed by atoms with Gasteiger partial charge in [-0.2, -0.15) is 0 Å². The molecular formula is C16H26ClN3O2. The molecule has 1 aromatic carbocycles. The number of carbonyl (C=O) groups is 1. The number of benzene rings is 1. The lowest BCUT2D eigenvalue weighted by Gasteiger charge is -2.19. The van der Waals surface area contributed by atoms with Crippen molar-refractivity contribution in [1.82, 2.24) is 10.2 Å². The lowest BCUT2D eigenvalue weighted by atomic mass is 10.0. The third-order valence-corrected chi connectivity index (χ3v) is 4.10. The maximum atomic E-state index is 12.4. The van der Waals surface area contributed by atoms with Gasteiger partial charge in [-0.15, -0.1) is 0 Å². The number of anilines is 1. The monoisotopic (exact) mass is 327 g/mol. The number of nitrogen functional groups attached to an aromatic ring is 1. The number of amides is 1. The number of ether oxygens (including phenoxy) is 1. The first-order chi connectivity index (χ1) is 10.5. The van der Waals surface area contributed by atoms with Crippen molar-refractivity contribution in [3.05, 3.63) is 22.2 Å². The van der Waals surface area contributed by atoms with E-state index in [1.165, 1.54) is 7.11 Å². The van der Waals surface area contributed by atoms with Gasteiger partial charge in [0.1, 0.15) is 5.75 Å². The Morgan fingerprint density at radius 2 is 2.00 bits per heavy atom. The van der Waals surface area contributed by atoms with E-state index in [0.29, 0.717) is 35.0 Å². The van der Waals surface area contributed by atoms with E-state index in [0.717, 1.165) is 25.2 Å². The first-order valence-corrected chi connectivity index (χ1v) is 8.03. The van der Waals surface area contributed by atoms with Crippen LogP contribution >= 0.6 is 11.6 Å². The average Bonchev–Trinajstić information content (AvgIpc) is 2.53. The summed E-state index contributed by atoms with van der Waals surface area (Å²) in [6.45, 7) is 9.46. The molecule has 0 heterocycles. The zero-order chi connectivity index (χ0) is 16.7. The molecule has 1 aromatic rings. The van der Waals surface area contributed by atoms with Gasteiger partial charge in [0, 0.05) is 18.7 Å². The van der Waals surface area contributed by atoms with Gasteiger partial charge in [-0.05, 0) is 25.6 Å². The molecule has 0 fully saturated rings. The maximum Gasteiger partial charge on any atom is 0.255 e. The Morgan fingerprint density at radius 1 is 1.36 bits per heavy atom. The van der Waals surface area contributed by atoms with Gasteiger partial charge in [0.05, 0.1) is 23.4 Å². The molecule has 124 valence electrons. The summed E-state index contributed by atoms with van der Waals surface area (Å²) >= 11 is 6.13. The van der Waals surface area contributed by atoms with E-state index in [1.54, 1.807) is 6.07 Å². The Labute approximate surface area is 137 Å². The van der Waals surface area contributed by atoms with Gasteiger partial charge in [0.25, 0.3) is 5.91 Å². The quantitative estimate of drug-likeness (QED) is 0.720. The van der Waals surface area contributed by atoms with Crippen LogP contribution < -0.4 is 15.8 Å². The number of likely N-dealkylation sites (N-methyl/N-ethyl adjacent to an activating group) is 1. The molecule has 3 N–H and O–H groups in total. The molecule has 0 spiro atoms. The third kappa shape index (κ3) is 4.27. The SMILES string of the molecule is CCc1c(N)c(Cl)cc(C(=O)NCCN(CC)CC)c1OC. The molecule has 0 aliphatic carbocycles. The summed E-state index contributed by atoms with van der Waals surface area (Å²) in [5, 5.41) is 3.29. The minimum atomic E-state index is -0.194. The molecule has 0 aromatic heterocycles. The first-order valence-electron chi connectivity index (χ1n) is 7.65. The van der Waals surface area contributed by atoms with Crippen LogP contribution in [-0.4, -0.2) is 44.1 Å². The van der Waals surface area contributed by atoms with E-state index in [-0.39, 0.29) is 5.91 Å². The van der Waals surface area contributed by atoms with E-state index in [9.17, 15) is 4.79 Å². The van der Waals surface area contributed by atoms with Crippen LogP contribution in [-0.2, 0) is 6.42 Å². The second-order valence-corrected chi connectivity index (χ2v) is 5.37. The van der Waals surface area contributed by atoms with Crippen molar-refractivity contribution < 1.29 is 9.53 Å². The fourth-order valence-corrected chi connectivity index (χ4v) is 2.64. The summed E-state index contributed by atoms with van der Waals surface area (Å²) in [6.07, 6.45) is 0.648. The molecule has 0 aliphatic heterocycles. The van der Waals surface area contributed by atoms with Crippen LogP contribution in [0, 0.1) is 0 Å².